The van der Waals surface area contributed by atoms with Crippen molar-refractivity contribution in [3.05, 3.63) is 48.0 Å². The molecule has 1 aromatic carbocycles. The van der Waals surface area contributed by atoms with Crippen LogP contribution in [0.2, 0.25) is 0 Å². The van der Waals surface area contributed by atoms with Crippen LogP contribution in [0.3, 0.4) is 0 Å². The third kappa shape index (κ3) is 3.97. The maximum absolute atomic E-state index is 13.0. The Balaban J connectivity index is 1.80. The summed E-state index contributed by atoms with van der Waals surface area (Å²) in [6.07, 6.45) is 4.99. The van der Waals surface area contributed by atoms with Crippen LogP contribution in [0.5, 0.6) is 0 Å². The second-order valence-corrected chi connectivity index (χ2v) is 7.84. The molecule has 0 radical (unpaired) electrons. The van der Waals surface area contributed by atoms with Crippen molar-refractivity contribution in [1.82, 2.24) is 4.90 Å². The Morgan fingerprint density at radius 3 is 2.11 bits per heavy atom. The van der Waals surface area contributed by atoms with E-state index in [9.17, 15) is 14.4 Å². The normalized spacial score (nSPS) is 24.1. The Bertz CT molecular complexity index is 714. The molecule has 0 bridgehead atoms. The first-order chi connectivity index (χ1) is 12.9. The summed E-state index contributed by atoms with van der Waals surface area (Å²) >= 11 is 0. The first-order valence-electron chi connectivity index (χ1n) is 9.67. The van der Waals surface area contributed by atoms with Gasteiger partial charge in [0.2, 0.25) is 11.8 Å². The van der Waals surface area contributed by atoms with E-state index >= 15 is 0 Å². The Hall–Kier alpha value is -2.43. The van der Waals surface area contributed by atoms with Crippen molar-refractivity contribution >= 4 is 17.8 Å². The molecule has 3 rings (SSSR count). The Morgan fingerprint density at radius 1 is 1.04 bits per heavy atom. The molecule has 27 heavy (non-hydrogen) atoms. The zero-order chi connectivity index (χ0) is 19.6. The maximum atomic E-state index is 13.0. The van der Waals surface area contributed by atoms with Gasteiger partial charge in [-0.3, -0.25) is 14.5 Å². The van der Waals surface area contributed by atoms with Crippen LogP contribution in [0, 0.1) is 17.8 Å². The second-order valence-electron chi connectivity index (χ2n) is 7.84. The number of imide groups is 1. The van der Waals surface area contributed by atoms with Crippen molar-refractivity contribution in [1.29, 1.82) is 0 Å². The number of hydrogen-bond acceptors (Lipinski definition) is 4. The summed E-state index contributed by atoms with van der Waals surface area (Å²) in [6.45, 7) is 5.75. The standard InChI is InChI=1S/C22H27NO4/c1-14(2)13-19(22(26)27-15(3)16-9-5-4-6-10-16)23-20(24)17-11-7-8-12-18(17)21(23)25/h4-10,14-15,17-19H,11-13H2,1-3H3. The lowest BCUT2D eigenvalue weighted by Crippen LogP contribution is -2.47. The number of ether oxygens (including phenoxy) is 1. The average Bonchev–Trinajstić information content (AvgIpc) is 2.91. The van der Waals surface area contributed by atoms with Gasteiger partial charge in [-0.15, -0.1) is 0 Å². The van der Waals surface area contributed by atoms with Gasteiger partial charge in [0.15, 0.2) is 0 Å². The molecule has 1 aliphatic carbocycles. The molecule has 0 saturated carbocycles. The van der Waals surface area contributed by atoms with Crippen LogP contribution < -0.4 is 0 Å². The van der Waals surface area contributed by atoms with Gasteiger partial charge in [0.1, 0.15) is 12.1 Å². The first kappa shape index (κ1) is 19.3. The zero-order valence-corrected chi connectivity index (χ0v) is 16.1. The summed E-state index contributed by atoms with van der Waals surface area (Å²) in [5, 5.41) is 0. The Labute approximate surface area is 160 Å². The third-order valence-electron chi connectivity index (χ3n) is 5.38. The molecule has 1 fully saturated rings. The number of hydrogen-bond donors (Lipinski definition) is 0. The second kappa shape index (κ2) is 8.07. The topological polar surface area (TPSA) is 63.7 Å². The minimum atomic E-state index is -0.859. The van der Waals surface area contributed by atoms with E-state index in [1.54, 1.807) is 6.92 Å². The molecule has 0 spiro atoms. The van der Waals surface area contributed by atoms with Crippen molar-refractivity contribution in [3.63, 3.8) is 0 Å². The lowest BCUT2D eigenvalue weighted by Gasteiger charge is -2.28. The Morgan fingerprint density at radius 2 is 1.59 bits per heavy atom. The van der Waals surface area contributed by atoms with E-state index in [0.29, 0.717) is 19.3 Å². The number of fused-ring (bicyclic) bond motifs is 1. The third-order valence-corrected chi connectivity index (χ3v) is 5.38. The minimum absolute atomic E-state index is 0.149. The van der Waals surface area contributed by atoms with E-state index < -0.39 is 18.1 Å². The molecule has 4 unspecified atom stereocenters. The van der Waals surface area contributed by atoms with Gasteiger partial charge in [0.05, 0.1) is 11.8 Å². The number of amides is 2. The molecular formula is C22H27NO4. The molecule has 144 valence electrons. The molecule has 1 aliphatic heterocycles. The molecule has 2 aliphatic rings. The van der Waals surface area contributed by atoms with E-state index in [2.05, 4.69) is 0 Å². The van der Waals surface area contributed by atoms with Crippen molar-refractivity contribution in [2.45, 2.75) is 52.2 Å². The van der Waals surface area contributed by atoms with Crippen LogP contribution in [0.1, 0.15) is 51.7 Å². The monoisotopic (exact) mass is 369 g/mol. The van der Waals surface area contributed by atoms with E-state index in [4.69, 9.17) is 4.74 Å². The van der Waals surface area contributed by atoms with Gasteiger partial charge >= 0.3 is 5.97 Å². The maximum Gasteiger partial charge on any atom is 0.329 e. The first-order valence-corrected chi connectivity index (χ1v) is 9.67. The van der Waals surface area contributed by atoms with Gasteiger partial charge in [-0.1, -0.05) is 56.3 Å². The summed E-state index contributed by atoms with van der Waals surface area (Å²) in [5.41, 5.74) is 0.881. The molecular weight excluding hydrogens is 342 g/mol. The number of allylic oxidation sites excluding steroid dienone is 2. The smallest absolute Gasteiger partial charge is 0.329 e. The predicted octanol–water partition coefficient (Wildman–Crippen LogP) is 3.66. The fourth-order valence-corrected chi connectivity index (χ4v) is 3.93. The molecule has 1 aromatic rings. The highest BCUT2D eigenvalue weighted by atomic mass is 16.5. The van der Waals surface area contributed by atoms with Crippen LogP contribution in [0.15, 0.2) is 42.5 Å². The van der Waals surface area contributed by atoms with Crippen LogP contribution in [0.25, 0.3) is 0 Å². The molecule has 1 heterocycles. The highest BCUT2D eigenvalue weighted by Gasteiger charge is 2.51. The van der Waals surface area contributed by atoms with Gasteiger partial charge in [-0.2, -0.15) is 0 Å². The fourth-order valence-electron chi connectivity index (χ4n) is 3.93. The lowest BCUT2D eigenvalue weighted by molar-refractivity contribution is -0.163. The van der Waals surface area contributed by atoms with Crippen LogP contribution in [-0.2, 0) is 19.1 Å². The van der Waals surface area contributed by atoms with E-state index in [1.807, 2.05) is 56.3 Å². The van der Waals surface area contributed by atoms with Crippen molar-refractivity contribution in [2.24, 2.45) is 17.8 Å². The van der Waals surface area contributed by atoms with E-state index in [0.717, 1.165) is 5.56 Å². The van der Waals surface area contributed by atoms with E-state index in [-0.39, 0.29) is 29.6 Å². The van der Waals surface area contributed by atoms with Crippen LogP contribution in [-0.4, -0.2) is 28.7 Å². The number of nitrogens with zero attached hydrogens (tertiary/aromatic N) is 1. The van der Waals surface area contributed by atoms with Crippen molar-refractivity contribution < 1.29 is 19.1 Å². The Kier molecular flexibility index (Phi) is 5.78. The summed E-state index contributed by atoms with van der Waals surface area (Å²) < 4.78 is 5.66. The van der Waals surface area contributed by atoms with Crippen molar-refractivity contribution in [3.8, 4) is 0 Å². The van der Waals surface area contributed by atoms with E-state index in [1.165, 1.54) is 4.90 Å². The number of likely N-dealkylation sites (tertiary alicyclic amines) is 1. The molecule has 2 amide bonds. The zero-order valence-electron chi connectivity index (χ0n) is 16.1. The number of esters is 1. The molecule has 0 N–H and O–H groups in total. The van der Waals surface area contributed by atoms with Gasteiger partial charge < -0.3 is 4.74 Å². The minimum Gasteiger partial charge on any atom is -0.456 e. The number of carbonyl (C=O) groups excluding carboxylic acids is 3. The summed E-state index contributed by atoms with van der Waals surface area (Å²) in [7, 11) is 0. The molecule has 1 saturated heterocycles. The molecule has 5 heteroatoms. The quantitative estimate of drug-likeness (QED) is 0.436. The predicted molar refractivity (Wildman–Crippen MR) is 101 cm³/mol. The number of carbonyl (C=O) groups is 3. The largest absolute Gasteiger partial charge is 0.456 e. The van der Waals surface area contributed by atoms with Crippen LogP contribution >= 0.6 is 0 Å². The molecule has 4 atom stereocenters. The molecule has 5 nitrogen and oxygen atoms in total. The van der Waals surface area contributed by atoms with Gasteiger partial charge in [0.25, 0.3) is 0 Å². The van der Waals surface area contributed by atoms with Crippen LogP contribution in [0.4, 0.5) is 0 Å². The molecule has 0 aromatic heterocycles. The number of benzene rings is 1. The fraction of sp³-hybridized carbons (Fsp3) is 0.500. The lowest BCUT2D eigenvalue weighted by atomic mass is 9.85. The highest BCUT2D eigenvalue weighted by molar-refractivity contribution is 6.08. The SMILES string of the molecule is CC(C)CC(C(=O)OC(C)c1ccccc1)N1C(=O)C2CC=CCC2C1=O. The average molecular weight is 369 g/mol. The van der Waals surface area contributed by atoms with Gasteiger partial charge in [0, 0.05) is 0 Å². The summed E-state index contributed by atoms with van der Waals surface area (Å²) in [4.78, 5) is 40.0. The highest BCUT2D eigenvalue weighted by Crippen LogP contribution is 2.37. The van der Waals surface area contributed by atoms with Gasteiger partial charge in [-0.05, 0) is 37.7 Å². The van der Waals surface area contributed by atoms with Gasteiger partial charge in [-0.25, -0.2) is 4.79 Å². The summed E-state index contributed by atoms with van der Waals surface area (Å²) in [6, 6.07) is 8.59. The summed E-state index contributed by atoms with van der Waals surface area (Å²) in [5.74, 6) is -1.49. The number of rotatable bonds is 6. The van der Waals surface area contributed by atoms with Crippen molar-refractivity contribution in [2.75, 3.05) is 0 Å².